The number of fused-ring (bicyclic) bond motifs is 2. The second-order valence-electron chi connectivity index (χ2n) is 29.9. The number of methoxy groups -OCH3 is 2. The van der Waals surface area contributed by atoms with Gasteiger partial charge in [-0.15, -0.1) is 45.3 Å². The van der Waals surface area contributed by atoms with Gasteiger partial charge in [0.05, 0.1) is 45.8 Å². The highest BCUT2D eigenvalue weighted by Crippen LogP contribution is 2.60. The largest absolute Gasteiger partial charge is 0.495 e. The molecule has 2 aliphatic rings. The van der Waals surface area contributed by atoms with Crippen molar-refractivity contribution in [1.82, 2.24) is 20.3 Å². The van der Waals surface area contributed by atoms with Crippen LogP contribution in [0.2, 0.25) is 72.5 Å². The minimum absolute atomic E-state index is 0.0107. The van der Waals surface area contributed by atoms with Gasteiger partial charge < -0.3 is 27.6 Å². The summed E-state index contributed by atoms with van der Waals surface area (Å²) >= 11 is 7.20. The van der Waals surface area contributed by atoms with Crippen molar-refractivity contribution in [1.29, 1.82) is 0 Å². The molecule has 2 fully saturated rings. The molecule has 0 bridgehead atoms. The number of nitrogens with zero attached hydrogens (tertiary/aromatic N) is 4. The van der Waals surface area contributed by atoms with Crippen LogP contribution in [0.5, 0.6) is 11.5 Å². The van der Waals surface area contributed by atoms with E-state index in [-0.39, 0.29) is 32.5 Å². The Morgan fingerprint density at radius 2 is 0.618 bits per heavy atom. The fraction of sp³-hybridized carbons (Fsp3) is 0.690. The quantitative estimate of drug-likeness (QED) is 0.100. The molecule has 426 valence electrons. The van der Waals surface area contributed by atoms with Crippen molar-refractivity contribution in [2.24, 2.45) is 0 Å². The first kappa shape index (κ1) is 62.3. The van der Waals surface area contributed by atoms with Gasteiger partial charge in [0.1, 0.15) is 23.8 Å². The molecular formula is C58H98N4O6S4Si4. The molecule has 0 aliphatic carbocycles. The van der Waals surface area contributed by atoms with Gasteiger partial charge in [-0.1, -0.05) is 83.1 Å². The standard InChI is InChI=1S/C58H98N4O6S4Si4/c1-51(2,3)73(23,24)65-59-49(60(56(15,16)55(59,13)14)66-74(25,26)52(4,5)6)41-33-31-39(69-41)43-35-37-45(63-21)48-38(46(64-22)47(37)71-43)36-44(72-48)40-32-34-42(70-40)50-61(67-75(27,28)53(7,8)9)57(17,18)58(19,20)62(50)68-76(29,30)54(10,11)12/h31-36,49-50H,1-30H3. The lowest BCUT2D eigenvalue weighted by Gasteiger charge is -2.46. The van der Waals surface area contributed by atoms with Crippen molar-refractivity contribution in [3.8, 4) is 31.0 Å². The number of hydroxylamine groups is 8. The summed E-state index contributed by atoms with van der Waals surface area (Å²) in [6, 6.07) is 13.8. The van der Waals surface area contributed by atoms with Crippen LogP contribution < -0.4 is 9.47 Å². The van der Waals surface area contributed by atoms with E-state index in [2.05, 4.69) is 248 Å². The predicted octanol–water partition coefficient (Wildman–Crippen LogP) is 19.7. The zero-order valence-electron chi connectivity index (χ0n) is 52.5. The van der Waals surface area contributed by atoms with Crippen LogP contribution in [0, 0.1) is 0 Å². The van der Waals surface area contributed by atoms with Crippen molar-refractivity contribution in [3.05, 3.63) is 46.2 Å². The Morgan fingerprint density at radius 1 is 0.382 bits per heavy atom. The summed E-state index contributed by atoms with van der Waals surface area (Å²) in [6.45, 7) is 65.2. The van der Waals surface area contributed by atoms with Crippen molar-refractivity contribution in [3.63, 3.8) is 0 Å². The Kier molecular flexibility index (Phi) is 16.1. The maximum Gasteiger partial charge on any atom is 0.220 e. The number of rotatable bonds is 14. The first-order valence-electron chi connectivity index (χ1n) is 27.4. The molecule has 0 unspecified atom stereocenters. The predicted molar refractivity (Wildman–Crippen MR) is 339 cm³/mol. The Balaban J connectivity index is 1.32. The van der Waals surface area contributed by atoms with Gasteiger partial charge in [0, 0.05) is 40.0 Å². The summed E-state index contributed by atoms with van der Waals surface area (Å²) in [5.41, 5.74) is -1.57. The van der Waals surface area contributed by atoms with Crippen LogP contribution in [0.1, 0.15) is 161 Å². The van der Waals surface area contributed by atoms with Gasteiger partial charge in [-0.25, -0.2) is 0 Å². The smallest absolute Gasteiger partial charge is 0.220 e. The fourth-order valence-corrected chi connectivity index (χ4v) is 17.8. The van der Waals surface area contributed by atoms with Crippen LogP contribution in [-0.4, -0.2) is 89.9 Å². The van der Waals surface area contributed by atoms with Gasteiger partial charge in [-0.3, -0.25) is 0 Å². The lowest BCUT2D eigenvalue weighted by Crippen LogP contribution is -2.58. The third kappa shape index (κ3) is 10.3. The molecule has 10 nitrogen and oxygen atoms in total. The molecule has 1 aromatic carbocycles. The van der Waals surface area contributed by atoms with E-state index in [1.54, 1.807) is 36.9 Å². The summed E-state index contributed by atoms with van der Waals surface area (Å²) in [5.74, 6) is 1.75. The summed E-state index contributed by atoms with van der Waals surface area (Å²) < 4.78 is 44.9. The van der Waals surface area contributed by atoms with Crippen molar-refractivity contribution in [2.45, 2.75) is 245 Å². The van der Waals surface area contributed by atoms with E-state index in [0.717, 1.165) is 31.7 Å². The number of benzene rings is 1. The summed E-state index contributed by atoms with van der Waals surface area (Å²) in [4.78, 5) is 7.10. The molecule has 18 heteroatoms. The maximum atomic E-state index is 7.45. The van der Waals surface area contributed by atoms with Crippen LogP contribution >= 0.6 is 45.3 Å². The van der Waals surface area contributed by atoms with Crippen molar-refractivity contribution in [2.75, 3.05) is 14.2 Å². The maximum absolute atomic E-state index is 7.45. The van der Waals surface area contributed by atoms with Gasteiger partial charge in [0.2, 0.25) is 33.3 Å². The highest BCUT2D eigenvalue weighted by Gasteiger charge is 2.65. The van der Waals surface area contributed by atoms with E-state index in [0.29, 0.717) is 0 Å². The van der Waals surface area contributed by atoms with E-state index in [9.17, 15) is 0 Å². The second-order valence-corrected chi connectivity index (χ2v) is 53.0. The van der Waals surface area contributed by atoms with E-state index < -0.39 is 55.4 Å². The Hall–Kier alpha value is -1.31. The molecule has 0 saturated carbocycles. The molecule has 4 aromatic heterocycles. The molecule has 2 aliphatic heterocycles. The van der Waals surface area contributed by atoms with Gasteiger partial charge in [-0.05, 0) is 164 Å². The second kappa shape index (κ2) is 19.7. The summed E-state index contributed by atoms with van der Waals surface area (Å²) in [5, 5.41) is 11.4. The van der Waals surface area contributed by atoms with Crippen LogP contribution in [0.3, 0.4) is 0 Å². The molecule has 5 aromatic rings. The number of hydrogen-bond donors (Lipinski definition) is 0. The summed E-state index contributed by atoms with van der Waals surface area (Å²) in [7, 11) is -5.55. The lowest BCUT2D eigenvalue weighted by atomic mass is 9.84. The summed E-state index contributed by atoms with van der Waals surface area (Å²) in [6.07, 6.45) is -0.501. The highest BCUT2D eigenvalue weighted by molar-refractivity contribution is 7.28. The van der Waals surface area contributed by atoms with Gasteiger partial charge >= 0.3 is 0 Å². The van der Waals surface area contributed by atoms with E-state index in [1.165, 1.54) is 29.3 Å². The highest BCUT2D eigenvalue weighted by atomic mass is 32.1. The van der Waals surface area contributed by atoms with Crippen LogP contribution in [0.25, 0.3) is 39.7 Å². The van der Waals surface area contributed by atoms with E-state index in [4.69, 9.17) is 27.6 Å². The minimum atomic E-state index is -2.29. The normalized spacial score (nSPS) is 20.3. The minimum Gasteiger partial charge on any atom is -0.495 e. The molecule has 0 N–H and O–H groups in total. The van der Waals surface area contributed by atoms with Gasteiger partial charge in [-0.2, -0.15) is 20.3 Å². The zero-order chi connectivity index (χ0) is 57.7. The Morgan fingerprint density at radius 3 is 0.829 bits per heavy atom. The topological polar surface area (TPSA) is 68.3 Å². The molecule has 76 heavy (non-hydrogen) atoms. The van der Waals surface area contributed by atoms with Crippen molar-refractivity contribution >= 4 is 98.8 Å². The lowest BCUT2D eigenvalue weighted by molar-refractivity contribution is -0.203. The molecule has 0 radical (unpaired) electrons. The van der Waals surface area contributed by atoms with Crippen LogP contribution in [-0.2, 0) is 18.1 Å². The zero-order valence-corrected chi connectivity index (χ0v) is 59.8. The van der Waals surface area contributed by atoms with Gasteiger partial charge in [0.15, 0.2) is 0 Å². The molecule has 6 heterocycles. The third-order valence-corrected chi connectivity index (χ3v) is 41.6. The molecule has 2 saturated heterocycles. The van der Waals surface area contributed by atoms with Crippen LogP contribution in [0.4, 0.5) is 0 Å². The fourth-order valence-electron chi connectivity index (χ4n) is 8.74. The average molecular weight is 1190 g/mol. The Bertz CT molecular complexity index is 2600. The molecule has 0 spiro atoms. The molecule has 7 rings (SSSR count). The molecule has 0 atom stereocenters. The van der Waals surface area contributed by atoms with Crippen LogP contribution in [0.15, 0.2) is 36.4 Å². The Labute approximate surface area is 480 Å². The molecular weight excluding hydrogens is 1090 g/mol. The number of hydrogen-bond acceptors (Lipinski definition) is 14. The number of thiophene rings is 4. The average Bonchev–Trinajstić information content (AvgIpc) is 4.11. The van der Waals surface area contributed by atoms with E-state index in [1.807, 2.05) is 22.7 Å². The van der Waals surface area contributed by atoms with E-state index >= 15 is 0 Å². The number of ether oxygens (including phenoxy) is 2. The first-order chi connectivity index (χ1) is 34.1. The third-order valence-electron chi connectivity index (χ3n) is 19.6. The van der Waals surface area contributed by atoms with Crippen molar-refractivity contribution < 1.29 is 27.6 Å². The molecule has 0 amide bonds. The first-order valence-corrected chi connectivity index (χ1v) is 42.3. The SMILES string of the molecule is COc1c2cc(-c3ccc(C4N(O[Si](C)(C)C(C)(C)C)C(C)(C)C(C)(C)N4O[Si](C)(C)C(C)(C)C)s3)sc2c(OC)c2cc(-c3ccc(C4N(O[Si](C)(C)C(C)(C)C)C(C)(C)C(C)(C)N4O[Si](C)(C)C(C)(C)C)s3)sc12. The van der Waals surface area contributed by atoms with Gasteiger partial charge in [0.25, 0.3) is 0 Å². The monoisotopic (exact) mass is 1190 g/mol.